The highest BCUT2D eigenvalue weighted by atomic mass is 32.1. The summed E-state index contributed by atoms with van der Waals surface area (Å²) in [5.74, 6) is 0.0261. The number of halogens is 1. The Bertz CT molecular complexity index is 1700. The summed E-state index contributed by atoms with van der Waals surface area (Å²) >= 11 is 1.70. The molecule has 0 aliphatic rings. The van der Waals surface area contributed by atoms with Gasteiger partial charge >= 0.3 is 0 Å². The zero-order valence-electron chi connectivity index (χ0n) is 19.3. The number of nitrogens with one attached hydrogen (secondary N) is 2. The number of rotatable bonds is 5. The van der Waals surface area contributed by atoms with Crippen LogP contribution in [0.3, 0.4) is 0 Å². The first-order valence-electron chi connectivity index (χ1n) is 11.0. The van der Waals surface area contributed by atoms with E-state index in [0.29, 0.717) is 34.8 Å². The van der Waals surface area contributed by atoms with Crippen LogP contribution in [0.1, 0.15) is 10.4 Å². The number of aromatic amines is 2. The molecule has 35 heavy (non-hydrogen) atoms. The first-order chi connectivity index (χ1) is 17.0. The van der Waals surface area contributed by atoms with Crippen molar-refractivity contribution in [2.75, 3.05) is 14.1 Å². The maximum atomic E-state index is 15.9. The van der Waals surface area contributed by atoms with Crippen molar-refractivity contribution in [1.82, 2.24) is 40.0 Å². The zero-order chi connectivity index (χ0) is 24.1. The van der Waals surface area contributed by atoms with Crippen molar-refractivity contribution in [2.24, 2.45) is 0 Å². The second-order valence-electron chi connectivity index (χ2n) is 8.66. The quantitative estimate of drug-likeness (QED) is 0.349. The Morgan fingerprint density at radius 2 is 1.91 bits per heavy atom. The Hall–Kier alpha value is -4.02. The first-order valence-corrected chi connectivity index (χ1v) is 11.8. The summed E-state index contributed by atoms with van der Waals surface area (Å²) in [5.41, 5.74) is 5.05. The van der Waals surface area contributed by atoms with Gasteiger partial charge in [-0.3, -0.25) is 10.1 Å². The lowest BCUT2D eigenvalue weighted by Gasteiger charge is -2.11. The van der Waals surface area contributed by atoms with E-state index in [0.717, 1.165) is 21.5 Å². The number of hydrogen-bond donors (Lipinski definition) is 2. The largest absolute Gasteiger partial charge is 0.335 e. The van der Waals surface area contributed by atoms with Crippen LogP contribution in [0.25, 0.3) is 55.3 Å². The molecule has 6 rings (SSSR count). The molecule has 0 radical (unpaired) electrons. The molecule has 0 atom stereocenters. The number of fused-ring (bicyclic) bond motifs is 2. The molecule has 0 aromatic carbocycles. The minimum Gasteiger partial charge on any atom is -0.335 e. The number of H-pyrrole nitrogens is 2. The summed E-state index contributed by atoms with van der Waals surface area (Å²) in [6, 6.07) is 8.04. The van der Waals surface area contributed by atoms with Gasteiger partial charge in [0.05, 0.1) is 10.9 Å². The summed E-state index contributed by atoms with van der Waals surface area (Å²) < 4.78 is 15.9. The molecule has 10 heteroatoms. The minimum absolute atomic E-state index is 0.271. The van der Waals surface area contributed by atoms with Gasteiger partial charge in [-0.25, -0.2) is 19.3 Å². The number of pyridine rings is 3. The lowest BCUT2D eigenvalue weighted by Crippen LogP contribution is -2.10. The van der Waals surface area contributed by atoms with Gasteiger partial charge in [0.25, 0.3) is 0 Å². The predicted molar refractivity (Wildman–Crippen MR) is 135 cm³/mol. The number of nitrogens with zero attached hydrogens (tertiary/aromatic N) is 6. The van der Waals surface area contributed by atoms with Crippen molar-refractivity contribution in [1.29, 1.82) is 0 Å². The molecule has 0 bridgehead atoms. The monoisotopic (exact) mass is 484 g/mol. The van der Waals surface area contributed by atoms with E-state index in [4.69, 9.17) is 0 Å². The van der Waals surface area contributed by atoms with Gasteiger partial charge in [-0.1, -0.05) is 0 Å². The third-order valence-electron chi connectivity index (χ3n) is 5.76. The van der Waals surface area contributed by atoms with Crippen molar-refractivity contribution in [3.05, 3.63) is 65.3 Å². The van der Waals surface area contributed by atoms with Gasteiger partial charge in [-0.05, 0) is 50.8 Å². The molecular weight excluding hydrogens is 463 g/mol. The standard InChI is InChI=1S/C25H21FN8S/c1-13-4-5-18(35-13)16-6-7-28-24-21(16)30-25(31-24)22-19-20(26)17(11-29-23(19)33-32-22)15-8-14(9-27-10-15)12-34(2)3/h4-11H,12H2,1-3H3,(H,28,30,31)(H,29,32,33). The van der Waals surface area contributed by atoms with Gasteiger partial charge in [0.2, 0.25) is 0 Å². The molecule has 6 aromatic heterocycles. The Kier molecular flexibility index (Phi) is 5.12. The highest BCUT2D eigenvalue weighted by molar-refractivity contribution is 7.15. The van der Waals surface area contributed by atoms with Crippen LogP contribution in [0, 0.1) is 12.7 Å². The van der Waals surface area contributed by atoms with E-state index < -0.39 is 5.82 Å². The number of thiophene rings is 1. The highest BCUT2D eigenvalue weighted by Gasteiger charge is 2.21. The van der Waals surface area contributed by atoms with Crippen LogP contribution < -0.4 is 0 Å². The Balaban J connectivity index is 1.49. The molecule has 0 aliphatic heterocycles. The zero-order valence-corrected chi connectivity index (χ0v) is 20.1. The number of imidazole rings is 1. The predicted octanol–water partition coefficient (Wildman–Crippen LogP) is 5.20. The molecule has 0 spiro atoms. The molecule has 8 nitrogen and oxygen atoms in total. The van der Waals surface area contributed by atoms with E-state index in [1.54, 1.807) is 29.9 Å². The SMILES string of the molecule is Cc1ccc(-c2ccnc3nc(-c4[nH]nc5ncc(-c6cncc(CN(C)C)c6)c(F)c45)[nH]c23)s1. The maximum Gasteiger partial charge on any atom is 0.184 e. The van der Waals surface area contributed by atoms with E-state index in [2.05, 4.69) is 54.2 Å². The van der Waals surface area contributed by atoms with Crippen LogP contribution in [0.15, 0.2) is 49.1 Å². The molecule has 0 fully saturated rings. The molecule has 2 N–H and O–H groups in total. The average molecular weight is 485 g/mol. The smallest absolute Gasteiger partial charge is 0.184 e. The fourth-order valence-corrected chi connectivity index (χ4v) is 5.12. The van der Waals surface area contributed by atoms with Crippen molar-refractivity contribution in [3.63, 3.8) is 0 Å². The average Bonchev–Trinajstić information content (AvgIpc) is 3.56. The van der Waals surface area contributed by atoms with E-state index in [1.165, 1.54) is 11.1 Å². The molecule has 0 aliphatic carbocycles. The Labute approximate surface area is 203 Å². The molecule has 0 amide bonds. The third-order valence-corrected chi connectivity index (χ3v) is 6.79. The fraction of sp³-hybridized carbons (Fsp3) is 0.160. The number of aromatic nitrogens is 7. The van der Waals surface area contributed by atoms with E-state index in [9.17, 15) is 0 Å². The van der Waals surface area contributed by atoms with Crippen LogP contribution in [-0.4, -0.2) is 54.1 Å². The van der Waals surface area contributed by atoms with Gasteiger partial charge in [0.15, 0.2) is 17.1 Å². The second kappa shape index (κ2) is 8.33. The van der Waals surface area contributed by atoms with Crippen molar-refractivity contribution >= 4 is 33.5 Å². The van der Waals surface area contributed by atoms with E-state index >= 15 is 4.39 Å². The summed E-state index contributed by atoms with van der Waals surface area (Å²) in [4.78, 5) is 25.5. The van der Waals surface area contributed by atoms with Crippen molar-refractivity contribution in [3.8, 4) is 33.1 Å². The van der Waals surface area contributed by atoms with Gasteiger partial charge in [-0.15, -0.1) is 11.3 Å². The highest BCUT2D eigenvalue weighted by Crippen LogP contribution is 2.35. The molecular formula is C25H21FN8S. The normalized spacial score (nSPS) is 11.8. The lowest BCUT2D eigenvalue weighted by molar-refractivity contribution is 0.402. The van der Waals surface area contributed by atoms with Gasteiger partial charge in [0, 0.05) is 57.8 Å². The Morgan fingerprint density at radius 3 is 2.71 bits per heavy atom. The lowest BCUT2D eigenvalue weighted by atomic mass is 10.1. The molecule has 174 valence electrons. The molecule has 6 heterocycles. The van der Waals surface area contributed by atoms with Gasteiger partial charge < -0.3 is 9.88 Å². The maximum absolute atomic E-state index is 15.9. The topological polar surface area (TPSA) is 99.3 Å². The number of aryl methyl sites for hydroxylation is 1. The van der Waals surface area contributed by atoms with Crippen LogP contribution in [-0.2, 0) is 6.54 Å². The van der Waals surface area contributed by atoms with Crippen LogP contribution >= 0.6 is 11.3 Å². The van der Waals surface area contributed by atoms with Gasteiger partial charge in [-0.2, -0.15) is 5.10 Å². The van der Waals surface area contributed by atoms with E-state index in [-0.39, 0.29) is 11.0 Å². The van der Waals surface area contributed by atoms with Crippen LogP contribution in [0.5, 0.6) is 0 Å². The van der Waals surface area contributed by atoms with Crippen molar-refractivity contribution in [2.45, 2.75) is 13.5 Å². The summed E-state index contributed by atoms with van der Waals surface area (Å²) in [5, 5.41) is 7.41. The number of hydrogen-bond acceptors (Lipinski definition) is 7. The van der Waals surface area contributed by atoms with Gasteiger partial charge in [0.1, 0.15) is 11.5 Å². The Morgan fingerprint density at radius 1 is 1.03 bits per heavy atom. The molecule has 0 saturated heterocycles. The summed E-state index contributed by atoms with van der Waals surface area (Å²) in [6.45, 7) is 2.77. The fourth-order valence-electron chi connectivity index (χ4n) is 4.22. The first kappa shape index (κ1) is 21.5. The summed E-state index contributed by atoms with van der Waals surface area (Å²) in [6.07, 6.45) is 6.66. The third kappa shape index (κ3) is 3.76. The van der Waals surface area contributed by atoms with E-state index in [1.807, 2.05) is 31.1 Å². The molecule has 6 aromatic rings. The second-order valence-corrected chi connectivity index (χ2v) is 9.94. The van der Waals surface area contributed by atoms with Crippen LogP contribution in [0.2, 0.25) is 0 Å². The van der Waals surface area contributed by atoms with Crippen molar-refractivity contribution < 1.29 is 4.39 Å². The minimum atomic E-state index is -0.426. The molecule has 0 unspecified atom stereocenters. The summed E-state index contributed by atoms with van der Waals surface area (Å²) in [7, 11) is 3.96. The molecule has 0 saturated carbocycles. The van der Waals surface area contributed by atoms with Crippen LogP contribution in [0.4, 0.5) is 4.39 Å².